The molecule has 2 aliphatic heterocycles. The Morgan fingerprint density at radius 3 is 2.61 bits per heavy atom. The Labute approximate surface area is 220 Å². The number of carbonyl (C=O) groups is 1. The number of anilines is 1. The number of nitrogens with zero attached hydrogens (tertiary/aromatic N) is 2. The Morgan fingerprint density at radius 1 is 1.08 bits per heavy atom. The van der Waals surface area contributed by atoms with Crippen molar-refractivity contribution in [2.75, 3.05) is 37.7 Å². The van der Waals surface area contributed by atoms with Crippen LogP contribution in [0.1, 0.15) is 25.5 Å². The average Bonchev–Trinajstić information content (AvgIpc) is 3.42. The molecule has 0 saturated carbocycles. The molecule has 1 aromatic heterocycles. The summed E-state index contributed by atoms with van der Waals surface area (Å²) in [4.78, 5) is 15.1. The average molecular weight is 518 g/mol. The normalized spacial score (nSPS) is 22.6. The molecule has 0 spiro atoms. The molecule has 9 heteroatoms. The number of hydrogen-bond donors (Lipinski definition) is 3. The number of aliphatic hydroxyl groups is 2. The first-order valence-corrected chi connectivity index (χ1v) is 12.8. The topological polar surface area (TPSA) is 128 Å². The molecule has 2 fully saturated rings. The van der Waals surface area contributed by atoms with E-state index in [9.17, 15) is 20.3 Å². The first-order valence-electron chi connectivity index (χ1n) is 12.8. The van der Waals surface area contributed by atoms with Gasteiger partial charge in [-0.3, -0.25) is 4.79 Å². The number of hydrogen-bond acceptors (Lipinski definition) is 8. The maximum absolute atomic E-state index is 12.7. The van der Waals surface area contributed by atoms with Crippen LogP contribution in [-0.2, 0) is 14.3 Å². The summed E-state index contributed by atoms with van der Waals surface area (Å²) >= 11 is 0. The molecule has 0 radical (unpaired) electrons. The molecule has 2 saturated heterocycles. The first kappa shape index (κ1) is 25.9. The molecule has 2 aliphatic rings. The fourth-order valence-electron chi connectivity index (χ4n) is 4.92. The molecule has 3 N–H and O–H groups in total. The van der Waals surface area contributed by atoms with Crippen molar-refractivity contribution in [2.45, 2.75) is 38.3 Å². The molecule has 1 amide bonds. The predicted octanol–water partition coefficient (Wildman–Crippen LogP) is 3.21. The zero-order valence-electron chi connectivity index (χ0n) is 21.2. The van der Waals surface area contributed by atoms with E-state index in [4.69, 9.17) is 13.9 Å². The summed E-state index contributed by atoms with van der Waals surface area (Å²) in [6.45, 7) is 4.98. The molecule has 38 heavy (non-hydrogen) atoms. The van der Waals surface area contributed by atoms with Crippen LogP contribution in [0.3, 0.4) is 0 Å². The lowest BCUT2D eigenvalue weighted by molar-refractivity contribution is -0.187. The molecule has 9 nitrogen and oxygen atoms in total. The lowest BCUT2D eigenvalue weighted by atomic mass is 10.0. The Morgan fingerprint density at radius 2 is 1.84 bits per heavy atom. The molecule has 3 heterocycles. The van der Waals surface area contributed by atoms with Gasteiger partial charge in [0.05, 0.1) is 25.4 Å². The highest BCUT2D eigenvalue weighted by Crippen LogP contribution is 2.31. The van der Waals surface area contributed by atoms with E-state index >= 15 is 0 Å². The maximum atomic E-state index is 12.7. The summed E-state index contributed by atoms with van der Waals surface area (Å²) < 4.78 is 16.8. The third kappa shape index (κ3) is 5.74. The zero-order valence-corrected chi connectivity index (χ0v) is 21.2. The van der Waals surface area contributed by atoms with E-state index < -0.39 is 24.4 Å². The number of furan rings is 1. The van der Waals surface area contributed by atoms with Gasteiger partial charge in [0.2, 0.25) is 0 Å². The Bertz CT molecular complexity index is 1370. The highest BCUT2D eigenvalue weighted by atomic mass is 16.6. The van der Waals surface area contributed by atoms with Gasteiger partial charge in [-0.2, -0.15) is 5.26 Å². The highest BCUT2D eigenvalue weighted by molar-refractivity contribution is 6.04. The molecule has 3 aromatic rings. The van der Waals surface area contributed by atoms with Gasteiger partial charge in [0.15, 0.2) is 6.29 Å². The second-order valence-corrected chi connectivity index (χ2v) is 9.67. The highest BCUT2D eigenvalue weighted by Gasteiger charge is 2.28. The lowest BCUT2D eigenvalue weighted by Crippen LogP contribution is -2.42. The largest absolute Gasteiger partial charge is 0.456 e. The number of benzene rings is 2. The van der Waals surface area contributed by atoms with Crippen molar-refractivity contribution in [3.8, 4) is 17.4 Å². The van der Waals surface area contributed by atoms with Crippen LogP contribution in [0.2, 0.25) is 0 Å². The van der Waals surface area contributed by atoms with Crippen LogP contribution in [-0.4, -0.2) is 67.5 Å². The van der Waals surface area contributed by atoms with Crippen LogP contribution >= 0.6 is 0 Å². The molecular weight excluding hydrogens is 486 g/mol. The summed E-state index contributed by atoms with van der Waals surface area (Å²) in [7, 11) is 0. The molecule has 5 rings (SSSR count). The van der Waals surface area contributed by atoms with Gasteiger partial charge in [0.1, 0.15) is 23.2 Å². The van der Waals surface area contributed by atoms with Gasteiger partial charge in [-0.25, -0.2) is 0 Å². The van der Waals surface area contributed by atoms with Gasteiger partial charge in [-0.15, -0.1) is 0 Å². The van der Waals surface area contributed by atoms with Crippen LogP contribution < -0.4 is 10.2 Å². The molecule has 0 aliphatic carbocycles. The Hall–Kier alpha value is -3.68. The van der Waals surface area contributed by atoms with Crippen molar-refractivity contribution in [3.05, 3.63) is 59.9 Å². The maximum Gasteiger partial charge on any atom is 0.262 e. The van der Waals surface area contributed by atoms with Crippen LogP contribution in [0.25, 0.3) is 27.7 Å². The van der Waals surface area contributed by atoms with Crippen LogP contribution in [0, 0.1) is 11.3 Å². The van der Waals surface area contributed by atoms with E-state index in [1.165, 1.54) is 5.69 Å². The summed E-state index contributed by atoms with van der Waals surface area (Å²) in [6, 6.07) is 18.1. The summed E-state index contributed by atoms with van der Waals surface area (Å²) in [5.74, 6) is 0.492. The summed E-state index contributed by atoms with van der Waals surface area (Å²) in [5.41, 5.74) is 2.42. The first-order chi connectivity index (χ1) is 18.4. The minimum Gasteiger partial charge on any atom is -0.456 e. The van der Waals surface area contributed by atoms with Gasteiger partial charge in [-0.1, -0.05) is 18.2 Å². The predicted molar refractivity (Wildman–Crippen MR) is 142 cm³/mol. The fourth-order valence-corrected chi connectivity index (χ4v) is 4.92. The van der Waals surface area contributed by atoms with Gasteiger partial charge >= 0.3 is 0 Å². The smallest absolute Gasteiger partial charge is 0.262 e. The van der Waals surface area contributed by atoms with E-state index in [1.54, 1.807) is 13.0 Å². The lowest BCUT2D eigenvalue weighted by Gasteiger charge is -2.30. The second-order valence-electron chi connectivity index (χ2n) is 9.67. The quantitative estimate of drug-likeness (QED) is 0.336. The third-order valence-electron chi connectivity index (χ3n) is 7.02. The number of amides is 1. The molecule has 3 atom stereocenters. The van der Waals surface area contributed by atoms with Gasteiger partial charge in [0.25, 0.3) is 5.91 Å². The fraction of sp³-hybridized carbons (Fsp3) is 0.379. The molecular formula is C29H31N3O6. The van der Waals surface area contributed by atoms with Gasteiger partial charge < -0.3 is 34.3 Å². The molecule has 0 bridgehead atoms. The van der Waals surface area contributed by atoms with Crippen molar-refractivity contribution in [1.82, 2.24) is 5.32 Å². The number of aliphatic hydroxyl groups excluding tert-OH is 2. The Kier molecular flexibility index (Phi) is 7.77. The standard InChI is InChI=1S/C29H31N3O6/c1-18(25(16-30)29(35)31-17-24-14-23(33)15-28(34)37-24)26-6-7-27(38-26)21-3-2-20-13-22(5-4-19(20)12-21)32-8-10-36-11-9-32/h2-7,12-13,23-24,28,33-34H,8-11,14-15,17H2,1H3,(H,31,35)/b25-18+. The number of nitrogens with one attached hydrogen (secondary N) is 1. The van der Waals surface area contributed by atoms with Crippen molar-refractivity contribution in [2.24, 2.45) is 0 Å². The van der Waals surface area contributed by atoms with E-state index in [0.29, 0.717) is 23.5 Å². The van der Waals surface area contributed by atoms with Crippen molar-refractivity contribution >= 4 is 27.9 Å². The van der Waals surface area contributed by atoms with Crippen molar-refractivity contribution in [3.63, 3.8) is 0 Å². The van der Waals surface area contributed by atoms with E-state index in [0.717, 1.165) is 42.6 Å². The molecule has 2 aromatic carbocycles. The van der Waals surface area contributed by atoms with Crippen molar-refractivity contribution < 1.29 is 28.9 Å². The van der Waals surface area contributed by atoms with Crippen LogP contribution in [0.5, 0.6) is 0 Å². The third-order valence-corrected chi connectivity index (χ3v) is 7.02. The second kappa shape index (κ2) is 11.4. The number of nitriles is 1. The number of allylic oxidation sites excluding steroid dienone is 1. The number of rotatable bonds is 6. The number of ether oxygens (including phenoxy) is 2. The van der Waals surface area contributed by atoms with Crippen molar-refractivity contribution in [1.29, 1.82) is 5.26 Å². The van der Waals surface area contributed by atoms with Gasteiger partial charge in [-0.05, 0) is 48.0 Å². The van der Waals surface area contributed by atoms with E-state index in [1.807, 2.05) is 18.2 Å². The molecule has 198 valence electrons. The minimum absolute atomic E-state index is 0.0686. The summed E-state index contributed by atoms with van der Waals surface area (Å²) in [5, 5.41) is 34.0. The van der Waals surface area contributed by atoms with E-state index in [2.05, 4.69) is 40.5 Å². The minimum atomic E-state index is -1.07. The van der Waals surface area contributed by atoms with Crippen LogP contribution in [0.4, 0.5) is 5.69 Å². The Balaban J connectivity index is 1.30. The van der Waals surface area contributed by atoms with Gasteiger partial charge in [0, 0.05) is 49.3 Å². The summed E-state index contributed by atoms with van der Waals surface area (Å²) in [6.07, 6.45) is -1.87. The number of fused-ring (bicyclic) bond motifs is 1. The van der Waals surface area contributed by atoms with Crippen LogP contribution in [0.15, 0.2) is 58.5 Å². The molecule has 3 unspecified atom stereocenters. The SMILES string of the molecule is C/C(=C(/C#N)C(=O)NCC1CC(O)CC(O)O1)c1ccc(-c2ccc3cc(N4CCOCC4)ccc3c2)o1. The zero-order chi connectivity index (χ0) is 26.6. The monoisotopic (exact) mass is 517 g/mol. The number of morpholine rings is 1. The van der Waals surface area contributed by atoms with E-state index in [-0.39, 0.29) is 18.5 Å². The number of carbonyl (C=O) groups excluding carboxylic acids is 1.